The van der Waals surface area contributed by atoms with Crippen molar-refractivity contribution in [1.82, 2.24) is 5.32 Å². The van der Waals surface area contributed by atoms with Crippen molar-refractivity contribution in [1.29, 1.82) is 0 Å². The van der Waals surface area contributed by atoms with Crippen molar-refractivity contribution < 1.29 is 10.2 Å². The van der Waals surface area contributed by atoms with Crippen LogP contribution in [0, 0.1) is 5.92 Å². The molecule has 0 aromatic carbocycles. The van der Waals surface area contributed by atoms with Crippen molar-refractivity contribution in [3.05, 3.63) is 0 Å². The zero-order valence-electron chi connectivity index (χ0n) is 9.50. The van der Waals surface area contributed by atoms with Crippen LogP contribution in [0.3, 0.4) is 0 Å². The van der Waals surface area contributed by atoms with Gasteiger partial charge in [-0.1, -0.05) is 33.1 Å². The Bertz CT molecular complexity index is 116. The van der Waals surface area contributed by atoms with E-state index in [1.165, 1.54) is 19.3 Å². The van der Waals surface area contributed by atoms with Crippen molar-refractivity contribution in [2.75, 3.05) is 19.8 Å². The Hall–Kier alpha value is -0.120. The summed E-state index contributed by atoms with van der Waals surface area (Å²) in [5.41, 5.74) is 0. The van der Waals surface area contributed by atoms with Crippen molar-refractivity contribution in [3.63, 3.8) is 0 Å². The van der Waals surface area contributed by atoms with Crippen LogP contribution < -0.4 is 5.32 Å². The maximum absolute atomic E-state index is 8.87. The van der Waals surface area contributed by atoms with E-state index >= 15 is 0 Å². The molecule has 3 nitrogen and oxygen atoms in total. The molecule has 0 aliphatic carbocycles. The van der Waals surface area contributed by atoms with Crippen LogP contribution in [-0.4, -0.2) is 36.0 Å². The second kappa shape index (κ2) is 9.44. The van der Waals surface area contributed by atoms with Gasteiger partial charge < -0.3 is 15.5 Å². The van der Waals surface area contributed by atoms with Gasteiger partial charge in [0.1, 0.15) is 0 Å². The molecule has 86 valence electrons. The Labute approximate surface area is 87.5 Å². The third kappa shape index (κ3) is 6.35. The molecule has 3 N–H and O–H groups in total. The second-order valence-corrected chi connectivity index (χ2v) is 3.89. The fourth-order valence-corrected chi connectivity index (χ4v) is 1.46. The third-order valence-electron chi connectivity index (χ3n) is 2.68. The molecule has 0 bridgehead atoms. The zero-order chi connectivity index (χ0) is 10.8. The molecule has 0 fully saturated rings. The SMILES string of the molecule is CCCCC(CC)CNC(CO)CO. The van der Waals surface area contributed by atoms with Gasteiger partial charge in [0.25, 0.3) is 0 Å². The van der Waals surface area contributed by atoms with Crippen molar-refractivity contribution in [2.24, 2.45) is 5.92 Å². The van der Waals surface area contributed by atoms with E-state index in [0.29, 0.717) is 5.92 Å². The maximum Gasteiger partial charge on any atom is 0.0607 e. The number of unbranched alkanes of at least 4 members (excludes halogenated alkanes) is 1. The molecule has 0 radical (unpaired) electrons. The van der Waals surface area contributed by atoms with Gasteiger partial charge in [0.15, 0.2) is 0 Å². The summed E-state index contributed by atoms with van der Waals surface area (Å²) >= 11 is 0. The molecule has 0 spiro atoms. The normalized spacial score (nSPS) is 13.5. The lowest BCUT2D eigenvalue weighted by atomic mass is 9.99. The van der Waals surface area contributed by atoms with Crippen LogP contribution in [0.1, 0.15) is 39.5 Å². The van der Waals surface area contributed by atoms with E-state index in [-0.39, 0.29) is 19.3 Å². The van der Waals surface area contributed by atoms with E-state index in [4.69, 9.17) is 10.2 Å². The molecular weight excluding hydrogens is 178 g/mol. The van der Waals surface area contributed by atoms with Crippen LogP contribution in [0.2, 0.25) is 0 Å². The van der Waals surface area contributed by atoms with E-state index in [1.54, 1.807) is 0 Å². The minimum atomic E-state index is -0.148. The molecule has 0 rings (SSSR count). The average molecular weight is 203 g/mol. The number of hydrogen-bond donors (Lipinski definition) is 3. The molecule has 0 aliphatic heterocycles. The van der Waals surface area contributed by atoms with E-state index in [9.17, 15) is 0 Å². The average Bonchev–Trinajstić information content (AvgIpc) is 2.23. The van der Waals surface area contributed by atoms with Crippen LogP contribution >= 0.6 is 0 Å². The van der Waals surface area contributed by atoms with Crippen LogP contribution in [0.4, 0.5) is 0 Å². The van der Waals surface area contributed by atoms with E-state index in [2.05, 4.69) is 19.2 Å². The van der Waals surface area contributed by atoms with Gasteiger partial charge in [-0.15, -0.1) is 0 Å². The van der Waals surface area contributed by atoms with Gasteiger partial charge in [0.05, 0.1) is 19.3 Å². The Morgan fingerprint density at radius 1 is 1.14 bits per heavy atom. The lowest BCUT2D eigenvalue weighted by molar-refractivity contribution is 0.166. The topological polar surface area (TPSA) is 52.5 Å². The molecule has 3 heteroatoms. The summed E-state index contributed by atoms with van der Waals surface area (Å²) in [4.78, 5) is 0. The van der Waals surface area contributed by atoms with Crippen LogP contribution in [0.25, 0.3) is 0 Å². The van der Waals surface area contributed by atoms with E-state index in [1.807, 2.05) is 0 Å². The molecule has 0 heterocycles. The summed E-state index contributed by atoms with van der Waals surface area (Å²) in [6, 6.07) is -0.148. The van der Waals surface area contributed by atoms with Gasteiger partial charge in [0, 0.05) is 0 Å². The maximum atomic E-state index is 8.87. The molecule has 0 aromatic rings. The standard InChI is InChI=1S/C11H25NO2/c1-3-5-6-10(4-2)7-12-11(8-13)9-14/h10-14H,3-9H2,1-2H3. The number of rotatable bonds is 9. The van der Waals surface area contributed by atoms with Crippen LogP contribution in [0.5, 0.6) is 0 Å². The molecule has 0 saturated heterocycles. The van der Waals surface area contributed by atoms with E-state index < -0.39 is 0 Å². The Morgan fingerprint density at radius 3 is 2.21 bits per heavy atom. The lowest BCUT2D eigenvalue weighted by Gasteiger charge is -2.19. The fourth-order valence-electron chi connectivity index (χ4n) is 1.46. The predicted molar refractivity (Wildman–Crippen MR) is 59.3 cm³/mol. The Kier molecular flexibility index (Phi) is 9.35. The summed E-state index contributed by atoms with van der Waals surface area (Å²) in [6.07, 6.45) is 4.91. The summed E-state index contributed by atoms with van der Waals surface area (Å²) in [7, 11) is 0. The molecule has 14 heavy (non-hydrogen) atoms. The highest BCUT2D eigenvalue weighted by molar-refractivity contribution is 4.67. The summed E-state index contributed by atoms with van der Waals surface area (Å²) in [5.74, 6) is 0.676. The molecular formula is C11H25NO2. The second-order valence-electron chi connectivity index (χ2n) is 3.89. The fraction of sp³-hybridized carbons (Fsp3) is 1.00. The van der Waals surface area contributed by atoms with Gasteiger partial charge >= 0.3 is 0 Å². The molecule has 1 atom stereocenters. The highest BCUT2D eigenvalue weighted by Crippen LogP contribution is 2.11. The quantitative estimate of drug-likeness (QED) is 0.527. The lowest BCUT2D eigenvalue weighted by Crippen LogP contribution is -2.38. The number of hydrogen-bond acceptors (Lipinski definition) is 3. The summed E-state index contributed by atoms with van der Waals surface area (Å²) < 4.78 is 0. The van der Waals surface area contributed by atoms with Gasteiger partial charge in [-0.3, -0.25) is 0 Å². The summed E-state index contributed by atoms with van der Waals surface area (Å²) in [5, 5.41) is 20.9. The third-order valence-corrected chi connectivity index (χ3v) is 2.68. The highest BCUT2D eigenvalue weighted by Gasteiger charge is 2.09. The van der Waals surface area contributed by atoms with Crippen LogP contribution in [0.15, 0.2) is 0 Å². The monoisotopic (exact) mass is 203 g/mol. The van der Waals surface area contributed by atoms with Gasteiger partial charge in [-0.2, -0.15) is 0 Å². The Balaban J connectivity index is 3.59. The van der Waals surface area contributed by atoms with Crippen molar-refractivity contribution >= 4 is 0 Å². The van der Waals surface area contributed by atoms with Gasteiger partial charge in [-0.25, -0.2) is 0 Å². The summed E-state index contributed by atoms with van der Waals surface area (Å²) in [6.45, 7) is 5.32. The minimum absolute atomic E-state index is 0.0146. The highest BCUT2D eigenvalue weighted by atomic mass is 16.3. The van der Waals surface area contributed by atoms with Gasteiger partial charge in [0.2, 0.25) is 0 Å². The number of aliphatic hydroxyl groups excluding tert-OH is 2. The first kappa shape index (κ1) is 13.9. The first-order valence-electron chi connectivity index (χ1n) is 5.73. The zero-order valence-corrected chi connectivity index (χ0v) is 9.50. The molecule has 1 unspecified atom stereocenters. The molecule has 0 saturated carbocycles. The minimum Gasteiger partial charge on any atom is -0.395 e. The predicted octanol–water partition coefficient (Wildman–Crippen LogP) is 1.15. The molecule has 0 amide bonds. The van der Waals surface area contributed by atoms with Crippen molar-refractivity contribution in [2.45, 2.75) is 45.6 Å². The smallest absolute Gasteiger partial charge is 0.0607 e. The van der Waals surface area contributed by atoms with Gasteiger partial charge in [-0.05, 0) is 18.9 Å². The van der Waals surface area contributed by atoms with Crippen molar-refractivity contribution in [3.8, 4) is 0 Å². The first-order chi connectivity index (χ1) is 6.78. The molecule has 0 aromatic heterocycles. The molecule has 0 aliphatic rings. The van der Waals surface area contributed by atoms with Crippen LogP contribution in [-0.2, 0) is 0 Å². The number of nitrogens with one attached hydrogen (secondary N) is 1. The van der Waals surface area contributed by atoms with E-state index in [0.717, 1.165) is 13.0 Å². The first-order valence-corrected chi connectivity index (χ1v) is 5.73. The number of aliphatic hydroxyl groups is 2. The Morgan fingerprint density at radius 2 is 1.79 bits per heavy atom. The largest absolute Gasteiger partial charge is 0.395 e.